The summed E-state index contributed by atoms with van der Waals surface area (Å²) < 4.78 is 0. The number of rotatable bonds is 4. The van der Waals surface area contributed by atoms with Gasteiger partial charge in [0.2, 0.25) is 0 Å². The third kappa shape index (κ3) is 3.36. The Morgan fingerprint density at radius 3 is 2.10 bits per heavy atom. The Balaban J connectivity index is 1.53. The molecule has 0 aromatic heterocycles. The van der Waals surface area contributed by atoms with E-state index in [1.165, 1.54) is 24.3 Å². The summed E-state index contributed by atoms with van der Waals surface area (Å²) in [6.07, 6.45) is 3.74. The van der Waals surface area contributed by atoms with Crippen LogP contribution in [0.3, 0.4) is 0 Å². The van der Waals surface area contributed by atoms with Crippen molar-refractivity contribution in [3.63, 3.8) is 0 Å². The molecule has 7 nitrogen and oxygen atoms in total. The van der Waals surface area contributed by atoms with Crippen LogP contribution in [0.1, 0.15) is 48.1 Å². The van der Waals surface area contributed by atoms with Gasteiger partial charge in [-0.2, -0.15) is 0 Å². The lowest BCUT2D eigenvalue weighted by Gasteiger charge is -2.37. The lowest BCUT2D eigenvalue weighted by molar-refractivity contribution is -0.384. The zero-order chi connectivity index (χ0) is 28.5. The number of para-hydroxylation sites is 1. The van der Waals surface area contributed by atoms with Crippen LogP contribution in [0.15, 0.2) is 103 Å². The highest BCUT2D eigenvalue weighted by molar-refractivity contribution is 6.34. The summed E-state index contributed by atoms with van der Waals surface area (Å²) in [6.45, 7) is 0. The number of ketones is 3. The number of carbonyl (C=O) groups is 3. The van der Waals surface area contributed by atoms with E-state index >= 15 is 0 Å². The molecule has 3 aliphatic rings. The number of hydrogen-bond acceptors (Lipinski definition) is 6. The van der Waals surface area contributed by atoms with Crippen molar-refractivity contribution in [2.75, 3.05) is 4.90 Å². The van der Waals surface area contributed by atoms with Crippen molar-refractivity contribution in [3.05, 3.63) is 146 Å². The van der Waals surface area contributed by atoms with Crippen molar-refractivity contribution >= 4 is 46.4 Å². The van der Waals surface area contributed by atoms with Crippen molar-refractivity contribution < 1.29 is 19.3 Å². The normalized spacial score (nSPS) is 21.5. The van der Waals surface area contributed by atoms with E-state index in [1.54, 1.807) is 48.5 Å². The summed E-state index contributed by atoms with van der Waals surface area (Å²) in [7, 11) is 0. The van der Waals surface area contributed by atoms with Gasteiger partial charge in [-0.1, -0.05) is 84.4 Å². The minimum atomic E-state index is -1.67. The summed E-state index contributed by atoms with van der Waals surface area (Å²) in [5.74, 6) is -2.01. The molecule has 4 aromatic rings. The maximum atomic E-state index is 14.6. The topological polar surface area (TPSA) is 97.6 Å². The van der Waals surface area contributed by atoms with E-state index in [4.69, 9.17) is 11.6 Å². The molecule has 2 heterocycles. The predicted octanol–water partition coefficient (Wildman–Crippen LogP) is 6.56. The number of non-ortho nitro benzene ring substituents is 1. The second-order valence-corrected chi connectivity index (χ2v) is 10.9. The van der Waals surface area contributed by atoms with Crippen LogP contribution in [0.5, 0.6) is 0 Å². The van der Waals surface area contributed by atoms with Gasteiger partial charge in [-0.05, 0) is 35.4 Å². The van der Waals surface area contributed by atoms with E-state index in [9.17, 15) is 24.5 Å². The number of halogens is 1. The van der Waals surface area contributed by atoms with Crippen LogP contribution >= 0.6 is 11.6 Å². The molecule has 0 amide bonds. The molecule has 7 rings (SSSR count). The summed E-state index contributed by atoms with van der Waals surface area (Å²) in [5.41, 5.74) is 1.14. The lowest BCUT2D eigenvalue weighted by Crippen LogP contribution is -2.48. The largest absolute Gasteiger partial charge is 0.352 e. The Morgan fingerprint density at radius 2 is 1.44 bits per heavy atom. The van der Waals surface area contributed by atoms with Gasteiger partial charge in [-0.25, -0.2) is 0 Å². The van der Waals surface area contributed by atoms with Gasteiger partial charge in [0.25, 0.3) is 5.69 Å². The lowest BCUT2D eigenvalue weighted by atomic mass is 9.64. The molecule has 8 heteroatoms. The molecule has 4 aromatic carbocycles. The van der Waals surface area contributed by atoms with Crippen LogP contribution in [0.2, 0.25) is 5.02 Å². The van der Waals surface area contributed by atoms with Gasteiger partial charge in [0.15, 0.2) is 17.3 Å². The summed E-state index contributed by atoms with van der Waals surface area (Å²) in [4.78, 5) is 56.5. The molecule has 200 valence electrons. The maximum Gasteiger partial charge on any atom is 0.269 e. The van der Waals surface area contributed by atoms with Crippen LogP contribution in [0, 0.1) is 15.5 Å². The van der Waals surface area contributed by atoms with Crippen LogP contribution in [0.4, 0.5) is 11.4 Å². The van der Waals surface area contributed by atoms with Crippen LogP contribution < -0.4 is 4.90 Å². The fourth-order valence-corrected chi connectivity index (χ4v) is 7.16. The Morgan fingerprint density at radius 1 is 0.829 bits per heavy atom. The Hall–Kier alpha value is -4.88. The first-order chi connectivity index (χ1) is 19.9. The van der Waals surface area contributed by atoms with E-state index in [2.05, 4.69) is 0 Å². The average Bonchev–Trinajstić information content (AvgIpc) is 3.43. The van der Waals surface area contributed by atoms with Crippen molar-refractivity contribution in [2.45, 2.75) is 18.0 Å². The average molecular weight is 561 g/mol. The predicted molar refractivity (Wildman–Crippen MR) is 155 cm³/mol. The van der Waals surface area contributed by atoms with E-state index in [-0.39, 0.29) is 28.6 Å². The number of carbonyl (C=O) groups excluding carboxylic acids is 3. The number of nitrogens with zero attached hydrogens (tertiary/aromatic N) is 2. The van der Waals surface area contributed by atoms with Crippen LogP contribution in [-0.4, -0.2) is 34.4 Å². The van der Waals surface area contributed by atoms with Gasteiger partial charge in [-0.15, -0.1) is 0 Å². The molecule has 0 unspecified atom stereocenters. The molecule has 1 saturated heterocycles. The highest BCUT2D eigenvalue weighted by atomic mass is 35.5. The Kier molecular flexibility index (Phi) is 5.56. The number of hydrogen-bond donors (Lipinski definition) is 0. The first kappa shape index (κ1) is 25.1. The molecule has 41 heavy (non-hydrogen) atoms. The SMILES string of the molecule is O=C(c1ccc([N+](=O)[O-])cc1)[C@H]1[C@H](c2ccccc2Cl)C2(C(=O)c3ccccc3C2=O)[C@H]2C=Cc3ccccc3N12. The van der Waals surface area contributed by atoms with Gasteiger partial charge in [0.1, 0.15) is 11.5 Å². The molecule has 0 radical (unpaired) electrons. The molecule has 0 N–H and O–H groups in total. The highest BCUT2D eigenvalue weighted by Gasteiger charge is 2.71. The van der Waals surface area contributed by atoms with Crippen molar-refractivity contribution in [1.82, 2.24) is 0 Å². The number of fused-ring (bicyclic) bond motifs is 5. The number of anilines is 1. The third-order valence-electron chi connectivity index (χ3n) is 8.58. The molecule has 3 atom stereocenters. The first-order valence-electron chi connectivity index (χ1n) is 13.1. The molecule has 1 aliphatic carbocycles. The number of benzene rings is 4. The van der Waals surface area contributed by atoms with Crippen molar-refractivity contribution in [1.29, 1.82) is 0 Å². The van der Waals surface area contributed by atoms with Crippen molar-refractivity contribution in [2.24, 2.45) is 5.41 Å². The second kappa shape index (κ2) is 9.08. The van der Waals surface area contributed by atoms with Gasteiger partial charge in [-0.3, -0.25) is 24.5 Å². The highest BCUT2D eigenvalue weighted by Crippen LogP contribution is 2.61. The molecule has 1 spiro atoms. The zero-order valence-corrected chi connectivity index (χ0v) is 22.2. The minimum Gasteiger partial charge on any atom is -0.352 e. The summed E-state index contributed by atoms with van der Waals surface area (Å²) in [5, 5.41) is 11.6. The fraction of sp³-hybridized carbons (Fsp3) is 0.121. The number of nitro groups is 1. The standard InChI is InChI=1S/C33H21ClN2O5/c34-25-11-5-4-10-24(25)28-29(30(37)20-13-16-21(17-14-20)36(40)41)35-26-12-6-1-7-19(26)15-18-27(35)33(28)31(38)22-8-2-3-9-23(22)32(33)39/h1-18,27-29H/t27-,28+,29-/m1/s1. The van der Waals surface area contributed by atoms with Crippen molar-refractivity contribution in [3.8, 4) is 0 Å². The van der Waals surface area contributed by atoms with E-state index < -0.39 is 28.3 Å². The fourth-order valence-electron chi connectivity index (χ4n) is 6.91. The van der Waals surface area contributed by atoms with E-state index in [0.717, 1.165) is 5.56 Å². The Bertz CT molecular complexity index is 1790. The van der Waals surface area contributed by atoms with Crippen LogP contribution in [0.25, 0.3) is 6.08 Å². The summed E-state index contributed by atoms with van der Waals surface area (Å²) in [6, 6.07) is 24.9. The van der Waals surface area contributed by atoms with E-state index in [0.29, 0.717) is 27.4 Å². The quantitative estimate of drug-likeness (QED) is 0.121. The van der Waals surface area contributed by atoms with Gasteiger partial charge < -0.3 is 4.90 Å². The monoisotopic (exact) mass is 560 g/mol. The van der Waals surface area contributed by atoms with Crippen LogP contribution in [-0.2, 0) is 0 Å². The molecular formula is C33H21ClN2O5. The second-order valence-electron chi connectivity index (χ2n) is 10.5. The van der Waals surface area contributed by atoms with Gasteiger partial charge in [0, 0.05) is 45.5 Å². The first-order valence-corrected chi connectivity index (χ1v) is 13.5. The van der Waals surface area contributed by atoms with E-state index in [1.807, 2.05) is 41.3 Å². The third-order valence-corrected chi connectivity index (χ3v) is 8.93. The number of Topliss-reactive ketones (excluding diaryl/α,β-unsaturated/α-hetero) is 3. The molecule has 0 bridgehead atoms. The Labute approximate surface area is 239 Å². The molecule has 0 saturated carbocycles. The molecular weight excluding hydrogens is 540 g/mol. The summed E-state index contributed by atoms with van der Waals surface area (Å²) >= 11 is 6.80. The smallest absolute Gasteiger partial charge is 0.269 e. The minimum absolute atomic E-state index is 0.146. The molecule has 2 aliphatic heterocycles. The maximum absolute atomic E-state index is 14.6. The zero-order valence-electron chi connectivity index (χ0n) is 21.4. The van der Waals surface area contributed by atoms with Gasteiger partial charge in [0.05, 0.1) is 11.0 Å². The van der Waals surface area contributed by atoms with Gasteiger partial charge >= 0.3 is 0 Å². The number of nitro benzene ring substituents is 1. The molecule has 1 fully saturated rings.